The van der Waals surface area contributed by atoms with Crippen molar-refractivity contribution in [3.63, 3.8) is 0 Å². The molecule has 0 aliphatic heterocycles. The summed E-state index contributed by atoms with van der Waals surface area (Å²) in [4.78, 5) is 22.6. The van der Waals surface area contributed by atoms with E-state index in [1.807, 2.05) is 0 Å². The van der Waals surface area contributed by atoms with E-state index < -0.39 is 6.03 Å². The van der Waals surface area contributed by atoms with Gasteiger partial charge in [0.15, 0.2) is 0 Å². The molecule has 1 aliphatic carbocycles. The SMILES string of the molecule is CNC(=O)NC(=O)C(C)NCC1CCCC(C)C1. The molecule has 0 heterocycles. The van der Waals surface area contributed by atoms with E-state index in [4.69, 9.17) is 0 Å². The maximum atomic E-state index is 11.6. The summed E-state index contributed by atoms with van der Waals surface area (Å²) in [6.45, 7) is 4.92. The van der Waals surface area contributed by atoms with Crippen LogP contribution in [-0.2, 0) is 4.79 Å². The highest BCUT2D eigenvalue weighted by molar-refractivity contribution is 5.96. The highest BCUT2D eigenvalue weighted by Crippen LogP contribution is 2.27. The summed E-state index contributed by atoms with van der Waals surface area (Å²) >= 11 is 0. The molecule has 104 valence electrons. The minimum atomic E-state index is -0.458. The van der Waals surface area contributed by atoms with Crippen molar-refractivity contribution < 1.29 is 9.59 Å². The van der Waals surface area contributed by atoms with Crippen molar-refractivity contribution in [1.29, 1.82) is 0 Å². The summed E-state index contributed by atoms with van der Waals surface area (Å²) in [5, 5.41) is 7.85. The zero-order valence-corrected chi connectivity index (χ0v) is 11.6. The number of carbonyl (C=O) groups excluding carboxylic acids is 2. The second-order valence-corrected chi connectivity index (χ2v) is 5.34. The van der Waals surface area contributed by atoms with Crippen molar-refractivity contribution in [3.8, 4) is 0 Å². The van der Waals surface area contributed by atoms with Crippen LogP contribution in [0.1, 0.15) is 39.5 Å². The van der Waals surface area contributed by atoms with E-state index in [9.17, 15) is 9.59 Å². The molecule has 5 nitrogen and oxygen atoms in total. The predicted molar refractivity (Wildman–Crippen MR) is 71.2 cm³/mol. The third kappa shape index (κ3) is 5.04. The number of hydrogen-bond donors (Lipinski definition) is 3. The van der Waals surface area contributed by atoms with Crippen LogP contribution in [0.2, 0.25) is 0 Å². The molecule has 3 amide bonds. The second-order valence-electron chi connectivity index (χ2n) is 5.34. The largest absolute Gasteiger partial charge is 0.341 e. The molecule has 0 saturated heterocycles. The molecule has 1 rings (SSSR count). The van der Waals surface area contributed by atoms with Crippen LogP contribution in [0.4, 0.5) is 4.79 Å². The third-order valence-electron chi connectivity index (χ3n) is 3.61. The smallest absolute Gasteiger partial charge is 0.321 e. The molecular formula is C13H25N3O2. The number of rotatable bonds is 4. The second kappa shape index (κ2) is 7.36. The van der Waals surface area contributed by atoms with Gasteiger partial charge < -0.3 is 10.6 Å². The first-order valence-electron chi connectivity index (χ1n) is 6.79. The number of hydrogen-bond acceptors (Lipinski definition) is 3. The quantitative estimate of drug-likeness (QED) is 0.708. The Hall–Kier alpha value is -1.10. The molecule has 1 saturated carbocycles. The first kappa shape index (κ1) is 15.0. The number of nitrogens with one attached hydrogen (secondary N) is 3. The maximum Gasteiger partial charge on any atom is 0.321 e. The molecule has 0 aromatic rings. The van der Waals surface area contributed by atoms with Gasteiger partial charge in [-0.1, -0.05) is 19.8 Å². The Bertz CT molecular complexity index is 294. The Morgan fingerprint density at radius 3 is 2.67 bits per heavy atom. The van der Waals surface area contributed by atoms with Crippen LogP contribution in [0.3, 0.4) is 0 Å². The van der Waals surface area contributed by atoms with Crippen LogP contribution in [-0.4, -0.2) is 31.6 Å². The number of amides is 3. The summed E-state index contributed by atoms with van der Waals surface area (Å²) in [5.74, 6) is 1.17. The van der Waals surface area contributed by atoms with E-state index in [1.54, 1.807) is 6.92 Å². The van der Waals surface area contributed by atoms with E-state index >= 15 is 0 Å². The summed E-state index contributed by atoms with van der Waals surface area (Å²) < 4.78 is 0. The summed E-state index contributed by atoms with van der Waals surface area (Å²) in [5.41, 5.74) is 0. The van der Waals surface area contributed by atoms with E-state index in [0.717, 1.165) is 12.5 Å². The molecule has 0 spiro atoms. The van der Waals surface area contributed by atoms with Crippen LogP contribution < -0.4 is 16.0 Å². The van der Waals surface area contributed by atoms with E-state index in [0.29, 0.717) is 5.92 Å². The van der Waals surface area contributed by atoms with Crippen molar-refractivity contribution in [1.82, 2.24) is 16.0 Å². The van der Waals surface area contributed by atoms with Gasteiger partial charge in [-0.2, -0.15) is 0 Å². The topological polar surface area (TPSA) is 70.2 Å². The maximum absolute atomic E-state index is 11.6. The van der Waals surface area contributed by atoms with Gasteiger partial charge in [0, 0.05) is 7.05 Å². The molecule has 3 N–H and O–H groups in total. The minimum Gasteiger partial charge on any atom is -0.341 e. The van der Waals surface area contributed by atoms with E-state index in [1.165, 1.54) is 32.7 Å². The minimum absolute atomic E-state index is 0.279. The van der Waals surface area contributed by atoms with Crippen LogP contribution in [0, 0.1) is 11.8 Å². The number of imide groups is 1. The molecule has 1 fully saturated rings. The number of carbonyl (C=O) groups is 2. The van der Waals surface area contributed by atoms with Crippen LogP contribution in [0.25, 0.3) is 0 Å². The fraction of sp³-hybridized carbons (Fsp3) is 0.846. The lowest BCUT2D eigenvalue weighted by Crippen LogP contribution is -2.48. The lowest BCUT2D eigenvalue weighted by atomic mass is 9.82. The molecule has 0 aromatic heterocycles. The average molecular weight is 255 g/mol. The molecule has 5 heteroatoms. The first-order valence-corrected chi connectivity index (χ1v) is 6.79. The Labute approximate surface area is 109 Å². The summed E-state index contributed by atoms with van der Waals surface area (Å²) in [6, 6.07) is -0.792. The van der Waals surface area contributed by atoms with Crippen molar-refractivity contribution in [2.45, 2.75) is 45.6 Å². The van der Waals surface area contributed by atoms with Gasteiger partial charge in [0.2, 0.25) is 5.91 Å². The van der Waals surface area contributed by atoms with Crippen LogP contribution >= 0.6 is 0 Å². The highest BCUT2D eigenvalue weighted by atomic mass is 16.2. The van der Waals surface area contributed by atoms with Gasteiger partial charge in [0.05, 0.1) is 6.04 Å². The van der Waals surface area contributed by atoms with Crippen molar-refractivity contribution in [2.75, 3.05) is 13.6 Å². The lowest BCUT2D eigenvalue weighted by Gasteiger charge is -2.27. The van der Waals surface area contributed by atoms with Gasteiger partial charge in [-0.15, -0.1) is 0 Å². The van der Waals surface area contributed by atoms with Gasteiger partial charge in [-0.3, -0.25) is 10.1 Å². The van der Waals surface area contributed by atoms with Gasteiger partial charge >= 0.3 is 6.03 Å². The third-order valence-corrected chi connectivity index (χ3v) is 3.61. The van der Waals surface area contributed by atoms with Crippen molar-refractivity contribution in [3.05, 3.63) is 0 Å². The summed E-state index contributed by atoms with van der Waals surface area (Å²) in [6.07, 6.45) is 5.08. The zero-order valence-electron chi connectivity index (χ0n) is 11.6. The van der Waals surface area contributed by atoms with Crippen LogP contribution in [0.5, 0.6) is 0 Å². The van der Waals surface area contributed by atoms with Gasteiger partial charge in [-0.25, -0.2) is 4.79 Å². The molecule has 1 aliphatic rings. The molecule has 0 radical (unpaired) electrons. The standard InChI is InChI=1S/C13H25N3O2/c1-9-5-4-6-11(7-9)8-15-10(2)12(17)16-13(18)14-3/h9-11,15H,4-8H2,1-3H3,(H2,14,16,17,18). The fourth-order valence-corrected chi connectivity index (χ4v) is 2.46. The fourth-order valence-electron chi connectivity index (χ4n) is 2.46. The predicted octanol–water partition coefficient (Wildman–Crippen LogP) is 1.25. The molecule has 3 unspecified atom stereocenters. The molecule has 0 aromatic carbocycles. The van der Waals surface area contributed by atoms with Gasteiger partial charge in [0.25, 0.3) is 0 Å². The molecule has 3 atom stereocenters. The zero-order chi connectivity index (χ0) is 13.5. The average Bonchev–Trinajstić information content (AvgIpc) is 2.35. The van der Waals surface area contributed by atoms with E-state index in [-0.39, 0.29) is 11.9 Å². The Morgan fingerprint density at radius 2 is 2.06 bits per heavy atom. The number of urea groups is 1. The Morgan fingerprint density at radius 1 is 1.33 bits per heavy atom. The normalized spacial score (nSPS) is 25.3. The first-order chi connectivity index (χ1) is 8.52. The summed E-state index contributed by atoms with van der Waals surface area (Å²) in [7, 11) is 1.49. The van der Waals surface area contributed by atoms with E-state index in [2.05, 4.69) is 22.9 Å². The monoisotopic (exact) mass is 255 g/mol. The Kier molecular flexibility index (Phi) is 6.12. The Balaban J connectivity index is 2.25. The van der Waals surface area contributed by atoms with Crippen molar-refractivity contribution >= 4 is 11.9 Å². The molecular weight excluding hydrogens is 230 g/mol. The van der Waals surface area contributed by atoms with Crippen LogP contribution in [0.15, 0.2) is 0 Å². The molecule has 0 bridgehead atoms. The van der Waals surface area contributed by atoms with Gasteiger partial charge in [0.1, 0.15) is 0 Å². The highest BCUT2D eigenvalue weighted by Gasteiger charge is 2.21. The van der Waals surface area contributed by atoms with Gasteiger partial charge in [-0.05, 0) is 38.1 Å². The molecule has 18 heavy (non-hydrogen) atoms. The van der Waals surface area contributed by atoms with Crippen molar-refractivity contribution in [2.24, 2.45) is 11.8 Å². The lowest BCUT2D eigenvalue weighted by molar-refractivity contribution is -0.121.